The van der Waals surface area contributed by atoms with E-state index in [1.54, 1.807) is 96.8 Å². The lowest BCUT2D eigenvalue weighted by Crippen LogP contribution is -2.29. The number of aromatic nitrogens is 18. The van der Waals surface area contributed by atoms with Crippen LogP contribution in [-0.4, -0.2) is 105 Å². The van der Waals surface area contributed by atoms with Crippen molar-refractivity contribution in [3.8, 4) is 34.1 Å². The van der Waals surface area contributed by atoms with Crippen LogP contribution in [0.25, 0.3) is 34.1 Å². The van der Waals surface area contributed by atoms with Crippen LogP contribution >= 0.6 is 0 Å². The van der Waals surface area contributed by atoms with Gasteiger partial charge in [0.2, 0.25) is 5.95 Å². The Morgan fingerprint density at radius 3 is 1.11 bits per heavy atom. The van der Waals surface area contributed by atoms with Crippen LogP contribution in [0.15, 0.2) is 305 Å². The zero-order valence-corrected chi connectivity index (χ0v) is 71.2. The average Bonchev–Trinajstić information content (AvgIpc) is 1.64. The summed E-state index contributed by atoms with van der Waals surface area (Å²) < 4.78 is 17.9. The highest BCUT2D eigenvalue weighted by atomic mass is 16.2. The number of benzene rings is 6. The van der Waals surface area contributed by atoms with Gasteiger partial charge in [0, 0.05) is 59.9 Å². The van der Waals surface area contributed by atoms with Crippen LogP contribution in [0.4, 0.5) is 80.4 Å². The second-order valence-corrected chi connectivity index (χ2v) is 29.0. The molecule has 11 heterocycles. The number of pyridine rings is 2. The minimum atomic E-state index is -0.325. The number of anilines is 4. The predicted octanol–water partition coefficient (Wildman–Crippen LogP) is 15.0. The molecule has 126 heavy (non-hydrogen) atoms. The number of aryl methyl sites for hydroxylation is 1. The Labute approximate surface area is 719 Å². The van der Waals surface area contributed by atoms with Gasteiger partial charge in [-0.2, -0.15) is 5.10 Å². The van der Waals surface area contributed by atoms with Crippen LogP contribution < -0.4 is 56.3 Å². The summed E-state index contributed by atoms with van der Waals surface area (Å²) in [7, 11) is 11.2. The number of nitrogens with two attached hydrogens (primary N) is 4. The lowest BCUT2D eigenvalue weighted by Gasteiger charge is -2.32. The van der Waals surface area contributed by atoms with Gasteiger partial charge in [0.25, 0.3) is 33.4 Å². The first-order valence-corrected chi connectivity index (χ1v) is 39.6. The fraction of sp³-hybridized carbons (Fsp3) is 0.195. The number of azo groups is 5. The maximum atomic E-state index is 13.0. The van der Waals surface area contributed by atoms with Crippen molar-refractivity contribution in [3.63, 3.8) is 0 Å². The highest BCUT2D eigenvalue weighted by Crippen LogP contribution is 2.35. The molecule has 39 nitrogen and oxygen atoms in total. The highest BCUT2D eigenvalue weighted by Gasteiger charge is 2.25. The van der Waals surface area contributed by atoms with Gasteiger partial charge in [-0.05, 0) is 165 Å². The molecule has 0 amide bonds. The Kier molecular flexibility index (Phi) is 26.8. The normalized spacial score (nSPS) is 12.8. The van der Waals surface area contributed by atoms with E-state index in [0.29, 0.717) is 74.8 Å². The molecule has 0 spiro atoms. The van der Waals surface area contributed by atoms with E-state index in [0.717, 1.165) is 64.0 Å². The molecule has 1 aliphatic heterocycles. The highest BCUT2D eigenvalue weighted by molar-refractivity contribution is 5.70. The molecule has 0 saturated carbocycles. The molecular weight excluding hydrogens is 1600 g/mol. The van der Waals surface area contributed by atoms with Gasteiger partial charge in [0.1, 0.15) is 23.0 Å². The molecule has 1 saturated heterocycles. The molecule has 16 aromatic rings. The summed E-state index contributed by atoms with van der Waals surface area (Å²) in [6.45, 7) is 11.9. The third kappa shape index (κ3) is 18.7. The standard InChI is InChI=1S/C22H27N7O.C21H20N6O2.C16H16N6O.C14H16N8O.C14H14N6O/c1-15-20(22(30)29(28(15)3)17-9-5-4-6-10-17)26-25-18-13-16(14-24-21(18)23)19-11-7-8-12-27(19)2;1-14-18(20(28)26(24-14)16-10-6-4-7-11-16)22-23-19-15(2)25(3)27(21(19)29)17-12-8-5-9-13-17;1-11-15(20-19-12-8-9-14(17)18-10-12)16(23)22(21(11)2)13-6-4-3-5-7-13;1-8-10(17-18-11-12(15)19-20-13(11)16)14(23)22(21(8)2)9-6-4-3-5-7-9;1-10-12(17-18-14-15-8-9-16-14)13(21)20(19(10)2)11-6-4-3-5-7-11/h4-6,9-10,13-14,19H,7-8,11-12H2,1-3H3,(H2,23,24);4-13,24H,1-3H3;3-10H,1-2H3,(H2,17,18);3-7H,1-2H3,(H5,15,16,19,20);3-9H,1-2H3,(H,15,16). The number of aromatic amines is 3. The van der Waals surface area contributed by atoms with Crippen molar-refractivity contribution >= 4 is 80.4 Å². The van der Waals surface area contributed by atoms with E-state index in [9.17, 15) is 28.8 Å². The first-order chi connectivity index (χ1) is 60.7. The third-order valence-electron chi connectivity index (χ3n) is 21.1. The molecule has 0 bridgehead atoms. The first kappa shape index (κ1) is 87.1. The number of para-hydroxylation sites is 6. The second kappa shape index (κ2) is 38.8. The zero-order chi connectivity index (χ0) is 89.6. The molecule has 1 fully saturated rings. The Morgan fingerprint density at radius 2 is 0.746 bits per heavy atom. The Morgan fingerprint density at radius 1 is 0.373 bits per heavy atom. The Bertz CT molecular complexity index is 7030. The van der Waals surface area contributed by atoms with Crippen LogP contribution in [0, 0.1) is 41.5 Å². The minimum absolute atomic E-state index is 0.128. The van der Waals surface area contributed by atoms with Crippen LogP contribution in [0.3, 0.4) is 0 Å². The molecule has 0 aliphatic carbocycles. The van der Waals surface area contributed by atoms with E-state index in [-0.39, 0.29) is 67.7 Å². The van der Waals surface area contributed by atoms with Crippen LogP contribution in [-0.2, 0) is 35.2 Å². The summed E-state index contributed by atoms with van der Waals surface area (Å²) in [6, 6.07) is 61.6. The van der Waals surface area contributed by atoms with Gasteiger partial charge < -0.3 is 27.9 Å². The maximum Gasteiger partial charge on any atom is 0.299 e. The maximum absolute atomic E-state index is 13.0. The average molecular weight is 1700 g/mol. The monoisotopic (exact) mass is 1700 g/mol. The van der Waals surface area contributed by atoms with Crippen molar-refractivity contribution in [2.24, 2.45) is 86.4 Å². The molecule has 6 aromatic carbocycles. The van der Waals surface area contributed by atoms with E-state index in [1.807, 2.05) is 236 Å². The number of hydrogen-bond donors (Lipinski definition) is 7. The summed E-state index contributed by atoms with van der Waals surface area (Å²) in [5.74, 6) is 1.40. The van der Waals surface area contributed by atoms with Gasteiger partial charge in [-0.3, -0.25) is 67.3 Å². The molecule has 1 unspecified atom stereocenters. The van der Waals surface area contributed by atoms with Gasteiger partial charge in [-0.25, -0.2) is 43.0 Å². The van der Waals surface area contributed by atoms with Crippen molar-refractivity contribution in [3.05, 3.63) is 327 Å². The fourth-order valence-electron chi connectivity index (χ4n) is 13.7. The number of nitrogen functional groups attached to an aromatic ring is 4. The summed E-state index contributed by atoms with van der Waals surface area (Å²) in [5, 5.41) is 50.2. The molecule has 39 heteroatoms. The molecule has 1 aliphatic rings. The summed E-state index contributed by atoms with van der Waals surface area (Å²) in [6.07, 6.45) is 10.0. The molecule has 17 rings (SSSR count). The lowest BCUT2D eigenvalue weighted by molar-refractivity contribution is 0.187. The molecule has 642 valence electrons. The number of piperidine rings is 1. The van der Waals surface area contributed by atoms with E-state index in [1.165, 1.54) is 33.1 Å². The summed E-state index contributed by atoms with van der Waals surface area (Å²) in [5.41, 5.74) is 33.7. The number of hydrogen-bond acceptors (Lipinski definition) is 25. The van der Waals surface area contributed by atoms with E-state index in [2.05, 4.69) is 98.3 Å². The summed E-state index contributed by atoms with van der Waals surface area (Å²) in [4.78, 5) is 93.9. The quantitative estimate of drug-likeness (QED) is 0.0417. The molecular formula is C87H93N33O6. The van der Waals surface area contributed by atoms with Gasteiger partial charge in [-0.1, -0.05) is 116 Å². The minimum Gasteiger partial charge on any atom is -0.384 e. The lowest BCUT2D eigenvalue weighted by atomic mass is 9.97. The smallest absolute Gasteiger partial charge is 0.299 e. The van der Waals surface area contributed by atoms with Crippen molar-refractivity contribution in [1.29, 1.82) is 0 Å². The SMILES string of the molecule is Cc1[nH]n(-c2ccccc2)c(=O)c1N=Nc1c(C)n(C)n(-c2ccccc2)c1=O.Cc1c(N=Nc2c(N)n[nH]c2N)c(=O)n(-c2ccccc2)n1C.Cc1c(N=Nc2cc(C3CCCCN3C)cnc2N)c(=O)n(-c2ccccc2)n1C.Cc1c(N=Nc2ccc(N)nc2)c(=O)n(-c2ccccc2)n1C.Cc1c(N=Nc2ncc[nH]2)c(=O)n(-c2ccccc2)n1C. The number of nitrogens with one attached hydrogen (secondary N) is 3. The number of imidazole rings is 1. The van der Waals surface area contributed by atoms with Crippen molar-refractivity contribution in [2.75, 3.05) is 36.5 Å². The second-order valence-electron chi connectivity index (χ2n) is 29.0. The zero-order valence-electron chi connectivity index (χ0n) is 71.2. The van der Waals surface area contributed by atoms with Gasteiger partial charge in [-0.15, -0.1) is 51.1 Å². The van der Waals surface area contributed by atoms with Gasteiger partial charge in [0.15, 0.2) is 51.4 Å². The predicted molar refractivity (Wildman–Crippen MR) is 483 cm³/mol. The molecule has 10 aromatic heterocycles. The van der Waals surface area contributed by atoms with Crippen molar-refractivity contribution in [1.82, 2.24) is 91.6 Å². The third-order valence-corrected chi connectivity index (χ3v) is 21.1. The van der Waals surface area contributed by atoms with Gasteiger partial charge in [0.05, 0.1) is 74.5 Å². The fourth-order valence-corrected chi connectivity index (χ4v) is 13.7. The summed E-state index contributed by atoms with van der Waals surface area (Å²) >= 11 is 0. The topological polar surface area (TPSA) is 487 Å². The number of rotatable bonds is 17. The number of likely N-dealkylation sites (tertiary alicyclic amines) is 1. The van der Waals surface area contributed by atoms with Crippen molar-refractivity contribution < 1.29 is 0 Å². The van der Waals surface area contributed by atoms with E-state index >= 15 is 0 Å². The van der Waals surface area contributed by atoms with Crippen LogP contribution in [0.5, 0.6) is 0 Å². The van der Waals surface area contributed by atoms with E-state index in [4.69, 9.17) is 22.9 Å². The number of nitrogens with zero attached hydrogens (tertiary/aromatic N) is 26. The van der Waals surface area contributed by atoms with E-state index < -0.39 is 0 Å². The first-order valence-electron chi connectivity index (χ1n) is 39.6. The Hall–Kier alpha value is -16.7. The largest absolute Gasteiger partial charge is 0.384 e. The Balaban J connectivity index is 0.000000136. The number of H-pyrrole nitrogens is 3. The molecule has 0 radical (unpaired) electrons. The molecule has 11 N–H and O–H groups in total. The van der Waals surface area contributed by atoms with Gasteiger partial charge >= 0.3 is 0 Å². The van der Waals surface area contributed by atoms with Crippen LogP contribution in [0.2, 0.25) is 0 Å². The molecule has 1 atom stereocenters. The van der Waals surface area contributed by atoms with Crippen LogP contribution in [0.1, 0.15) is 65.0 Å². The van der Waals surface area contributed by atoms with Crippen molar-refractivity contribution in [2.45, 2.75) is 66.8 Å².